The molecular formula is C26H23ClN4O3S. The third-order valence-electron chi connectivity index (χ3n) is 6.03. The van der Waals surface area contributed by atoms with Crippen LogP contribution in [0.3, 0.4) is 0 Å². The molecule has 0 saturated carbocycles. The van der Waals surface area contributed by atoms with E-state index in [1.165, 1.54) is 6.07 Å². The number of fused-ring (bicyclic) bond motifs is 1. The van der Waals surface area contributed by atoms with Crippen molar-refractivity contribution in [1.29, 1.82) is 0 Å². The fourth-order valence-corrected chi connectivity index (χ4v) is 5.55. The highest BCUT2D eigenvalue weighted by molar-refractivity contribution is 7.93. The van der Waals surface area contributed by atoms with Crippen molar-refractivity contribution in [2.45, 2.75) is 4.90 Å². The first kappa shape index (κ1) is 23.1. The lowest BCUT2D eigenvalue weighted by atomic mass is 10.1. The average Bonchev–Trinajstić information content (AvgIpc) is 2.89. The largest absolute Gasteiger partial charge is 0.368 e. The number of para-hydroxylation sites is 1. The number of sulfonamides is 1. The van der Waals surface area contributed by atoms with Gasteiger partial charge in [0.25, 0.3) is 15.9 Å². The van der Waals surface area contributed by atoms with E-state index in [4.69, 9.17) is 11.6 Å². The molecule has 35 heavy (non-hydrogen) atoms. The molecule has 0 unspecified atom stereocenters. The zero-order valence-corrected chi connectivity index (χ0v) is 20.3. The summed E-state index contributed by atoms with van der Waals surface area (Å²) in [5.74, 6) is -0.0755. The number of halogens is 1. The van der Waals surface area contributed by atoms with Crippen molar-refractivity contribution in [2.75, 3.05) is 35.8 Å². The highest BCUT2D eigenvalue weighted by atomic mass is 35.5. The Hall–Kier alpha value is -3.62. The first-order chi connectivity index (χ1) is 16.9. The molecule has 3 aromatic carbocycles. The van der Waals surface area contributed by atoms with Gasteiger partial charge in [-0.05, 0) is 60.7 Å². The van der Waals surface area contributed by atoms with E-state index < -0.39 is 10.0 Å². The number of hydrogen-bond acceptors (Lipinski definition) is 5. The molecule has 1 aromatic heterocycles. The second kappa shape index (κ2) is 9.56. The number of carbonyl (C=O) groups is 1. The predicted octanol–water partition coefficient (Wildman–Crippen LogP) is 4.65. The number of benzene rings is 3. The highest BCUT2D eigenvalue weighted by Gasteiger charge is 2.23. The lowest BCUT2D eigenvalue weighted by Crippen LogP contribution is -2.48. The number of carbonyl (C=O) groups excluding carboxylic acids is 1. The Morgan fingerprint density at radius 1 is 0.857 bits per heavy atom. The van der Waals surface area contributed by atoms with Crippen molar-refractivity contribution in [1.82, 2.24) is 9.88 Å². The summed E-state index contributed by atoms with van der Waals surface area (Å²) in [7, 11) is -3.85. The number of nitrogens with one attached hydrogen (secondary N) is 1. The topological polar surface area (TPSA) is 82.6 Å². The number of pyridine rings is 1. The quantitative estimate of drug-likeness (QED) is 0.426. The Morgan fingerprint density at radius 2 is 1.54 bits per heavy atom. The monoisotopic (exact) mass is 506 g/mol. The Kier molecular flexibility index (Phi) is 6.32. The van der Waals surface area contributed by atoms with E-state index in [1.54, 1.807) is 42.6 Å². The first-order valence-electron chi connectivity index (χ1n) is 11.2. The van der Waals surface area contributed by atoms with Gasteiger partial charge in [-0.3, -0.25) is 14.5 Å². The Balaban J connectivity index is 1.25. The molecule has 1 amide bonds. The first-order valence-corrected chi connectivity index (χ1v) is 13.0. The molecule has 178 valence electrons. The van der Waals surface area contributed by atoms with E-state index in [9.17, 15) is 13.2 Å². The molecule has 7 nitrogen and oxygen atoms in total. The van der Waals surface area contributed by atoms with Crippen LogP contribution in [0.25, 0.3) is 10.9 Å². The zero-order chi connectivity index (χ0) is 24.4. The van der Waals surface area contributed by atoms with Gasteiger partial charge in [-0.2, -0.15) is 0 Å². The fraction of sp³-hybridized carbons (Fsp3) is 0.154. The minimum atomic E-state index is -3.85. The molecule has 2 heterocycles. The maximum atomic E-state index is 13.0. The SMILES string of the molecule is O=C(c1ccc(NS(=O)(=O)c2cccc3cccnc23)cc1)N1CCN(c2ccc(Cl)cc2)CC1. The molecule has 9 heteroatoms. The summed E-state index contributed by atoms with van der Waals surface area (Å²) in [6, 6.07) is 22.8. The summed E-state index contributed by atoms with van der Waals surface area (Å²) in [5, 5.41) is 1.44. The van der Waals surface area contributed by atoms with Crippen molar-refractivity contribution in [3.8, 4) is 0 Å². The molecule has 1 fully saturated rings. The molecule has 1 N–H and O–H groups in total. The molecule has 4 aromatic rings. The molecule has 0 radical (unpaired) electrons. The number of anilines is 2. The Morgan fingerprint density at radius 3 is 2.26 bits per heavy atom. The maximum absolute atomic E-state index is 13.0. The van der Waals surface area contributed by atoms with E-state index in [2.05, 4.69) is 14.6 Å². The summed E-state index contributed by atoms with van der Waals surface area (Å²) in [5.41, 5.74) is 2.38. The van der Waals surface area contributed by atoms with Crippen LogP contribution in [0.1, 0.15) is 10.4 Å². The molecule has 0 atom stereocenters. The van der Waals surface area contributed by atoms with Gasteiger partial charge in [-0.1, -0.05) is 29.8 Å². The molecule has 5 rings (SSSR count). The van der Waals surface area contributed by atoms with Crippen LogP contribution in [0.2, 0.25) is 5.02 Å². The van der Waals surface area contributed by atoms with Crippen LogP contribution < -0.4 is 9.62 Å². The van der Waals surface area contributed by atoms with Gasteiger partial charge in [0.2, 0.25) is 0 Å². The van der Waals surface area contributed by atoms with Crippen molar-refractivity contribution < 1.29 is 13.2 Å². The van der Waals surface area contributed by atoms with Crippen LogP contribution >= 0.6 is 11.6 Å². The number of piperazine rings is 1. The standard InChI is InChI=1S/C26H23ClN4O3S/c27-21-8-12-23(13-9-21)30-15-17-31(18-16-30)26(32)20-6-10-22(11-7-20)29-35(33,34)24-5-1-3-19-4-2-14-28-25(19)24/h1-14,29H,15-18H2. The van der Waals surface area contributed by atoms with E-state index in [-0.39, 0.29) is 10.8 Å². The fourth-order valence-electron chi connectivity index (χ4n) is 4.19. The van der Waals surface area contributed by atoms with Crippen LogP contribution in [-0.2, 0) is 10.0 Å². The lowest BCUT2D eigenvalue weighted by molar-refractivity contribution is 0.0747. The zero-order valence-electron chi connectivity index (χ0n) is 18.8. The summed E-state index contributed by atoms with van der Waals surface area (Å²) < 4.78 is 28.6. The third-order valence-corrected chi connectivity index (χ3v) is 7.69. The van der Waals surface area contributed by atoms with E-state index in [1.807, 2.05) is 41.3 Å². The number of aromatic nitrogens is 1. The third kappa shape index (κ3) is 4.94. The predicted molar refractivity (Wildman–Crippen MR) is 139 cm³/mol. The molecule has 1 aliphatic heterocycles. The van der Waals surface area contributed by atoms with Gasteiger partial charge in [-0.25, -0.2) is 8.42 Å². The summed E-state index contributed by atoms with van der Waals surface area (Å²) in [6.07, 6.45) is 1.57. The number of amides is 1. The maximum Gasteiger partial charge on any atom is 0.264 e. The normalized spacial score (nSPS) is 14.2. The number of rotatable bonds is 5. The van der Waals surface area contributed by atoms with Crippen LogP contribution in [0.15, 0.2) is 90.0 Å². The van der Waals surface area contributed by atoms with E-state index in [0.29, 0.717) is 34.9 Å². The van der Waals surface area contributed by atoms with E-state index in [0.717, 1.165) is 24.2 Å². The smallest absolute Gasteiger partial charge is 0.264 e. The summed E-state index contributed by atoms with van der Waals surface area (Å²) in [6.45, 7) is 2.66. The van der Waals surface area contributed by atoms with E-state index >= 15 is 0 Å². The summed E-state index contributed by atoms with van der Waals surface area (Å²) in [4.78, 5) is 21.4. The van der Waals surface area contributed by atoms with Crippen LogP contribution in [0.4, 0.5) is 11.4 Å². The minimum absolute atomic E-state index is 0.0755. The minimum Gasteiger partial charge on any atom is -0.368 e. The van der Waals surface area contributed by atoms with Gasteiger partial charge in [0.05, 0.1) is 5.52 Å². The average molecular weight is 507 g/mol. The van der Waals surface area contributed by atoms with Crippen LogP contribution in [0, 0.1) is 0 Å². The van der Waals surface area contributed by atoms with Crippen LogP contribution in [-0.4, -0.2) is 50.4 Å². The Labute approximate surface area is 209 Å². The number of hydrogen-bond donors (Lipinski definition) is 1. The van der Waals surface area contributed by atoms with Gasteiger partial charge < -0.3 is 9.80 Å². The van der Waals surface area contributed by atoms with Crippen molar-refractivity contribution in [3.63, 3.8) is 0 Å². The lowest BCUT2D eigenvalue weighted by Gasteiger charge is -2.36. The van der Waals surface area contributed by atoms with Crippen molar-refractivity contribution in [3.05, 3.63) is 95.6 Å². The Bertz CT molecular complexity index is 1460. The summed E-state index contributed by atoms with van der Waals surface area (Å²) >= 11 is 5.97. The van der Waals surface area contributed by atoms with Crippen molar-refractivity contribution >= 4 is 49.8 Å². The van der Waals surface area contributed by atoms with Crippen LogP contribution in [0.5, 0.6) is 0 Å². The second-order valence-corrected chi connectivity index (χ2v) is 10.4. The molecule has 0 bridgehead atoms. The molecular weight excluding hydrogens is 484 g/mol. The van der Waals surface area contributed by atoms with Gasteiger partial charge in [0, 0.05) is 59.7 Å². The molecule has 0 spiro atoms. The highest BCUT2D eigenvalue weighted by Crippen LogP contribution is 2.24. The van der Waals surface area contributed by atoms with Gasteiger partial charge in [0.1, 0.15) is 4.90 Å². The van der Waals surface area contributed by atoms with Crippen molar-refractivity contribution in [2.24, 2.45) is 0 Å². The van der Waals surface area contributed by atoms with Gasteiger partial charge in [0.15, 0.2) is 0 Å². The second-order valence-electron chi connectivity index (χ2n) is 8.27. The van der Waals surface area contributed by atoms with Gasteiger partial charge in [-0.15, -0.1) is 0 Å². The van der Waals surface area contributed by atoms with Gasteiger partial charge >= 0.3 is 0 Å². The number of nitrogens with zero attached hydrogens (tertiary/aromatic N) is 3. The molecule has 1 saturated heterocycles. The molecule has 1 aliphatic rings. The molecule has 0 aliphatic carbocycles.